The second kappa shape index (κ2) is 2.92. The number of benzene rings is 1. The van der Waals surface area contributed by atoms with Gasteiger partial charge < -0.3 is 16.2 Å². The monoisotopic (exact) mass is 178 g/mol. The number of hydrogen-bond donors (Lipinski definition) is 2. The van der Waals surface area contributed by atoms with Crippen LogP contribution in [0, 0.1) is 6.92 Å². The molecule has 0 aliphatic carbocycles. The third-order valence-electron chi connectivity index (χ3n) is 2.48. The fraction of sp³-hybridized carbons (Fsp3) is 0.400. The zero-order chi connectivity index (χ0) is 9.42. The summed E-state index contributed by atoms with van der Waals surface area (Å²) in [6.07, 6.45) is 0.871. The van der Waals surface area contributed by atoms with E-state index >= 15 is 0 Å². The van der Waals surface area contributed by atoms with Crippen LogP contribution in [-0.2, 0) is 0 Å². The van der Waals surface area contributed by atoms with Crippen LogP contribution in [0.4, 0.5) is 5.69 Å². The first-order valence-corrected chi connectivity index (χ1v) is 4.47. The van der Waals surface area contributed by atoms with Gasteiger partial charge in [0.15, 0.2) is 0 Å². The first-order chi connectivity index (χ1) is 6.18. The summed E-state index contributed by atoms with van der Waals surface area (Å²) in [6, 6.07) is 3.96. The molecule has 13 heavy (non-hydrogen) atoms. The van der Waals surface area contributed by atoms with Gasteiger partial charge in [0, 0.05) is 23.7 Å². The molecule has 1 aliphatic rings. The lowest BCUT2D eigenvalue weighted by Crippen LogP contribution is -2.20. The molecule has 1 atom stereocenters. The Morgan fingerprint density at radius 3 is 3.00 bits per heavy atom. The van der Waals surface area contributed by atoms with Gasteiger partial charge in [-0.2, -0.15) is 0 Å². The van der Waals surface area contributed by atoms with Gasteiger partial charge in [0.05, 0.1) is 6.61 Å². The van der Waals surface area contributed by atoms with Crippen molar-refractivity contribution in [3.05, 3.63) is 23.3 Å². The molecule has 1 aliphatic heterocycles. The van der Waals surface area contributed by atoms with Gasteiger partial charge in [0.1, 0.15) is 5.75 Å². The number of ether oxygens (including phenoxy) is 1. The summed E-state index contributed by atoms with van der Waals surface area (Å²) in [5, 5.41) is 0. The quantitative estimate of drug-likeness (QED) is 0.590. The second-order valence-corrected chi connectivity index (χ2v) is 3.49. The molecule has 1 aromatic carbocycles. The molecule has 0 saturated carbocycles. The first kappa shape index (κ1) is 8.38. The Balaban J connectivity index is 2.52. The Hall–Kier alpha value is -1.22. The van der Waals surface area contributed by atoms with E-state index in [1.807, 2.05) is 19.1 Å². The fourth-order valence-electron chi connectivity index (χ4n) is 1.58. The van der Waals surface area contributed by atoms with Crippen LogP contribution in [0.15, 0.2) is 12.1 Å². The molecule has 0 amide bonds. The SMILES string of the molecule is Cc1cc2c(cc1N)C(N)CCO2. The van der Waals surface area contributed by atoms with Crippen LogP contribution >= 0.6 is 0 Å². The fourth-order valence-corrected chi connectivity index (χ4v) is 1.58. The topological polar surface area (TPSA) is 61.3 Å². The summed E-state index contributed by atoms with van der Waals surface area (Å²) in [6.45, 7) is 2.68. The molecule has 3 nitrogen and oxygen atoms in total. The van der Waals surface area contributed by atoms with Crippen LogP contribution in [0.3, 0.4) is 0 Å². The molecule has 0 aromatic heterocycles. The molecule has 1 unspecified atom stereocenters. The van der Waals surface area contributed by atoms with Crippen molar-refractivity contribution < 1.29 is 4.74 Å². The third kappa shape index (κ3) is 1.35. The summed E-state index contributed by atoms with van der Waals surface area (Å²) in [4.78, 5) is 0. The highest BCUT2D eigenvalue weighted by Crippen LogP contribution is 2.33. The lowest BCUT2D eigenvalue weighted by atomic mass is 9.99. The van der Waals surface area contributed by atoms with Crippen molar-refractivity contribution >= 4 is 5.69 Å². The van der Waals surface area contributed by atoms with Gasteiger partial charge in [-0.1, -0.05) is 0 Å². The van der Waals surface area contributed by atoms with E-state index in [0.717, 1.165) is 29.0 Å². The maximum Gasteiger partial charge on any atom is 0.124 e. The summed E-state index contributed by atoms with van der Waals surface area (Å²) in [5.41, 5.74) is 14.6. The Kier molecular flexibility index (Phi) is 1.88. The van der Waals surface area contributed by atoms with Gasteiger partial charge in [-0.15, -0.1) is 0 Å². The minimum absolute atomic E-state index is 0.0756. The summed E-state index contributed by atoms with van der Waals surface area (Å²) in [5.74, 6) is 0.894. The zero-order valence-electron chi connectivity index (χ0n) is 7.71. The first-order valence-electron chi connectivity index (χ1n) is 4.47. The third-order valence-corrected chi connectivity index (χ3v) is 2.48. The Bertz CT molecular complexity index is 336. The number of fused-ring (bicyclic) bond motifs is 1. The predicted molar refractivity (Wildman–Crippen MR) is 52.6 cm³/mol. The zero-order valence-corrected chi connectivity index (χ0v) is 7.71. The van der Waals surface area contributed by atoms with Crippen LogP contribution in [0.2, 0.25) is 0 Å². The summed E-state index contributed by atoms with van der Waals surface area (Å²) in [7, 11) is 0. The lowest BCUT2D eigenvalue weighted by molar-refractivity contribution is 0.269. The van der Waals surface area contributed by atoms with Crippen LogP contribution in [0.5, 0.6) is 5.75 Å². The van der Waals surface area contributed by atoms with Gasteiger partial charge in [-0.25, -0.2) is 0 Å². The Labute approximate surface area is 77.7 Å². The van der Waals surface area contributed by atoms with E-state index in [1.54, 1.807) is 0 Å². The molecule has 0 bridgehead atoms. The highest BCUT2D eigenvalue weighted by molar-refractivity contribution is 5.55. The largest absolute Gasteiger partial charge is 0.493 e. The lowest BCUT2D eigenvalue weighted by Gasteiger charge is -2.23. The van der Waals surface area contributed by atoms with Crippen molar-refractivity contribution in [1.29, 1.82) is 0 Å². The molecular weight excluding hydrogens is 164 g/mol. The number of aryl methyl sites for hydroxylation is 1. The molecule has 70 valence electrons. The van der Waals surface area contributed by atoms with Crippen molar-refractivity contribution in [2.45, 2.75) is 19.4 Å². The molecule has 2 rings (SSSR count). The highest BCUT2D eigenvalue weighted by Gasteiger charge is 2.18. The number of nitrogens with two attached hydrogens (primary N) is 2. The minimum atomic E-state index is 0.0756. The van der Waals surface area contributed by atoms with Crippen LogP contribution in [0.25, 0.3) is 0 Å². The van der Waals surface area contributed by atoms with E-state index < -0.39 is 0 Å². The second-order valence-electron chi connectivity index (χ2n) is 3.49. The van der Waals surface area contributed by atoms with E-state index in [1.165, 1.54) is 0 Å². The summed E-state index contributed by atoms with van der Waals surface area (Å²) < 4.78 is 5.49. The number of rotatable bonds is 0. The highest BCUT2D eigenvalue weighted by atomic mass is 16.5. The molecule has 0 saturated heterocycles. The van der Waals surface area contributed by atoms with Crippen molar-refractivity contribution in [1.82, 2.24) is 0 Å². The standard InChI is InChI=1S/C10H14N2O/c1-6-4-10-7(5-9(6)12)8(11)2-3-13-10/h4-5,8H,2-3,11-12H2,1H3. The Morgan fingerprint density at radius 2 is 2.23 bits per heavy atom. The van der Waals surface area contributed by atoms with Gasteiger partial charge in [-0.3, -0.25) is 0 Å². The molecule has 0 spiro atoms. The van der Waals surface area contributed by atoms with Gasteiger partial charge in [0.25, 0.3) is 0 Å². The van der Waals surface area contributed by atoms with Crippen molar-refractivity contribution in [2.24, 2.45) is 5.73 Å². The molecule has 0 radical (unpaired) electrons. The van der Waals surface area contributed by atoms with Crippen molar-refractivity contribution in [2.75, 3.05) is 12.3 Å². The van der Waals surface area contributed by atoms with Gasteiger partial charge in [-0.05, 0) is 24.6 Å². The van der Waals surface area contributed by atoms with Gasteiger partial charge in [0.2, 0.25) is 0 Å². The van der Waals surface area contributed by atoms with E-state index in [4.69, 9.17) is 16.2 Å². The number of anilines is 1. The van der Waals surface area contributed by atoms with Crippen LogP contribution < -0.4 is 16.2 Å². The maximum absolute atomic E-state index is 5.93. The molecule has 1 aromatic rings. The van der Waals surface area contributed by atoms with Crippen LogP contribution in [-0.4, -0.2) is 6.61 Å². The van der Waals surface area contributed by atoms with Crippen molar-refractivity contribution in [3.63, 3.8) is 0 Å². The molecule has 3 heteroatoms. The van der Waals surface area contributed by atoms with E-state index in [2.05, 4.69) is 0 Å². The molecule has 4 N–H and O–H groups in total. The predicted octanol–water partition coefficient (Wildman–Crippen LogP) is 1.36. The Morgan fingerprint density at radius 1 is 1.46 bits per heavy atom. The normalized spacial score (nSPS) is 20.6. The molecule has 0 fully saturated rings. The average Bonchev–Trinajstić information content (AvgIpc) is 2.09. The smallest absolute Gasteiger partial charge is 0.124 e. The van der Waals surface area contributed by atoms with Gasteiger partial charge >= 0.3 is 0 Å². The minimum Gasteiger partial charge on any atom is -0.493 e. The van der Waals surface area contributed by atoms with Crippen molar-refractivity contribution in [3.8, 4) is 5.75 Å². The molecular formula is C10H14N2O. The molecule has 1 heterocycles. The van der Waals surface area contributed by atoms with E-state index in [-0.39, 0.29) is 6.04 Å². The average molecular weight is 178 g/mol. The number of nitrogen functional groups attached to an aromatic ring is 1. The van der Waals surface area contributed by atoms with Crippen LogP contribution in [0.1, 0.15) is 23.6 Å². The van der Waals surface area contributed by atoms with E-state index in [9.17, 15) is 0 Å². The van der Waals surface area contributed by atoms with E-state index in [0.29, 0.717) is 6.61 Å². The number of hydrogen-bond acceptors (Lipinski definition) is 3. The summed E-state index contributed by atoms with van der Waals surface area (Å²) >= 11 is 0. The maximum atomic E-state index is 5.93.